The van der Waals surface area contributed by atoms with Gasteiger partial charge in [-0.05, 0) is 55.0 Å². The van der Waals surface area contributed by atoms with Crippen LogP contribution >= 0.6 is 0 Å². The molecule has 7 heteroatoms. The van der Waals surface area contributed by atoms with E-state index in [-0.39, 0.29) is 16.4 Å². The van der Waals surface area contributed by atoms with Gasteiger partial charge in [0.1, 0.15) is 16.4 Å². The Morgan fingerprint density at radius 1 is 1.10 bits per heavy atom. The number of allylic oxidation sites excluding steroid dienone is 4. The molecular formula is C14H13NO5S. The van der Waals surface area contributed by atoms with Gasteiger partial charge < -0.3 is 4.74 Å². The number of oxime groups is 1. The van der Waals surface area contributed by atoms with Crippen molar-refractivity contribution in [1.29, 1.82) is 0 Å². The van der Waals surface area contributed by atoms with Crippen molar-refractivity contribution < 1.29 is 22.2 Å². The van der Waals surface area contributed by atoms with Crippen LogP contribution in [0.5, 0.6) is 5.75 Å². The fourth-order valence-electron chi connectivity index (χ4n) is 1.61. The number of benzene rings is 1. The summed E-state index contributed by atoms with van der Waals surface area (Å²) in [4.78, 5) is 11.1. The van der Waals surface area contributed by atoms with Crippen molar-refractivity contribution in [3.63, 3.8) is 0 Å². The highest BCUT2D eigenvalue weighted by Gasteiger charge is 2.17. The van der Waals surface area contributed by atoms with Crippen LogP contribution in [-0.4, -0.2) is 27.0 Å². The van der Waals surface area contributed by atoms with Gasteiger partial charge in [0.15, 0.2) is 5.78 Å². The lowest BCUT2D eigenvalue weighted by Crippen LogP contribution is -2.09. The standard InChI is InChI=1S/C14H13NO5S/c1-10-9-11(16)3-8-14(10)15-20-21(17,18)13-6-4-12(19-2)5-7-13/h3-9H,1-2H3/b15-14+. The van der Waals surface area contributed by atoms with Crippen LogP contribution in [0.2, 0.25) is 0 Å². The third kappa shape index (κ3) is 3.57. The van der Waals surface area contributed by atoms with Gasteiger partial charge in [-0.3, -0.25) is 9.08 Å². The molecule has 1 aromatic rings. The van der Waals surface area contributed by atoms with Crippen LogP contribution in [0.25, 0.3) is 0 Å². The lowest BCUT2D eigenvalue weighted by atomic mass is 10.1. The van der Waals surface area contributed by atoms with E-state index in [1.165, 1.54) is 49.6 Å². The van der Waals surface area contributed by atoms with Crippen LogP contribution in [0, 0.1) is 0 Å². The summed E-state index contributed by atoms with van der Waals surface area (Å²) < 4.78 is 33.5. The molecule has 0 aromatic heterocycles. The zero-order valence-electron chi connectivity index (χ0n) is 11.4. The molecule has 0 bridgehead atoms. The van der Waals surface area contributed by atoms with E-state index in [0.717, 1.165) is 0 Å². The van der Waals surface area contributed by atoms with E-state index in [0.29, 0.717) is 11.3 Å². The third-order valence-corrected chi connectivity index (χ3v) is 3.87. The van der Waals surface area contributed by atoms with Crippen molar-refractivity contribution >= 4 is 21.6 Å². The molecule has 0 atom stereocenters. The Kier molecular flexibility index (Phi) is 4.23. The number of carbonyl (C=O) groups excluding carboxylic acids is 1. The van der Waals surface area contributed by atoms with Crippen LogP contribution in [0.15, 0.2) is 58.1 Å². The topological polar surface area (TPSA) is 82.0 Å². The zero-order chi connectivity index (χ0) is 15.5. The third-order valence-electron chi connectivity index (χ3n) is 2.75. The summed E-state index contributed by atoms with van der Waals surface area (Å²) in [5, 5.41) is 3.58. The minimum atomic E-state index is -4.01. The molecule has 1 aliphatic rings. The quantitative estimate of drug-likeness (QED) is 0.626. The molecule has 0 heterocycles. The van der Waals surface area contributed by atoms with E-state index < -0.39 is 10.1 Å². The molecule has 0 saturated heterocycles. The van der Waals surface area contributed by atoms with Gasteiger partial charge in [0.2, 0.25) is 0 Å². The largest absolute Gasteiger partial charge is 0.497 e. The second-order valence-corrected chi connectivity index (χ2v) is 5.77. The minimum Gasteiger partial charge on any atom is -0.497 e. The van der Waals surface area contributed by atoms with Gasteiger partial charge in [0, 0.05) is 0 Å². The highest BCUT2D eigenvalue weighted by Crippen LogP contribution is 2.18. The predicted octanol–water partition coefficient (Wildman–Crippen LogP) is 1.84. The molecule has 0 fully saturated rings. The van der Waals surface area contributed by atoms with E-state index in [1.807, 2.05) is 0 Å². The Hall–Kier alpha value is -2.41. The highest BCUT2D eigenvalue weighted by atomic mass is 32.2. The van der Waals surface area contributed by atoms with Crippen LogP contribution < -0.4 is 4.74 Å². The van der Waals surface area contributed by atoms with E-state index in [9.17, 15) is 13.2 Å². The summed E-state index contributed by atoms with van der Waals surface area (Å²) >= 11 is 0. The number of hydrogen-bond donors (Lipinski definition) is 0. The van der Waals surface area contributed by atoms with Gasteiger partial charge in [0.25, 0.3) is 0 Å². The number of rotatable bonds is 4. The van der Waals surface area contributed by atoms with Crippen molar-refractivity contribution in [2.45, 2.75) is 11.8 Å². The highest BCUT2D eigenvalue weighted by molar-refractivity contribution is 7.86. The van der Waals surface area contributed by atoms with Crippen molar-refractivity contribution in [2.75, 3.05) is 7.11 Å². The monoisotopic (exact) mass is 307 g/mol. The summed E-state index contributed by atoms with van der Waals surface area (Å²) in [5.74, 6) is 0.359. The van der Waals surface area contributed by atoms with Crippen molar-refractivity contribution in [3.8, 4) is 5.75 Å². The summed E-state index contributed by atoms with van der Waals surface area (Å²) in [7, 11) is -2.53. The van der Waals surface area contributed by atoms with Crippen LogP contribution in [0.1, 0.15) is 6.92 Å². The van der Waals surface area contributed by atoms with Crippen LogP contribution in [0.3, 0.4) is 0 Å². The molecule has 110 valence electrons. The lowest BCUT2D eigenvalue weighted by Gasteiger charge is -2.06. The maximum atomic E-state index is 12.0. The maximum absolute atomic E-state index is 12.0. The van der Waals surface area contributed by atoms with Crippen molar-refractivity contribution in [1.82, 2.24) is 0 Å². The molecule has 1 aliphatic carbocycles. The first kappa shape index (κ1) is 15.0. The van der Waals surface area contributed by atoms with Gasteiger partial charge in [0.05, 0.1) is 7.11 Å². The smallest absolute Gasteiger partial charge is 0.358 e. The first-order chi connectivity index (χ1) is 9.92. The molecule has 0 amide bonds. The first-order valence-corrected chi connectivity index (χ1v) is 7.39. The van der Waals surface area contributed by atoms with Gasteiger partial charge >= 0.3 is 10.1 Å². The Balaban J connectivity index is 2.20. The van der Waals surface area contributed by atoms with Gasteiger partial charge in [-0.2, -0.15) is 8.42 Å². The van der Waals surface area contributed by atoms with Crippen molar-refractivity contribution in [3.05, 3.63) is 48.1 Å². The Morgan fingerprint density at radius 3 is 2.33 bits per heavy atom. The van der Waals surface area contributed by atoms with Crippen molar-refractivity contribution in [2.24, 2.45) is 5.16 Å². The van der Waals surface area contributed by atoms with E-state index in [4.69, 9.17) is 4.74 Å². The Morgan fingerprint density at radius 2 is 1.76 bits per heavy atom. The molecule has 21 heavy (non-hydrogen) atoms. The molecule has 0 aliphatic heterocycles. The summed E-state index contributed by atoms with van der Waals surface area (Å²) in [5.41, 5.74) is 0.819. The number of ketones is 1. The summed E-state index contributed by atoms with van der Waals surface area (Å²) in [6.45, 7) is 1.64. The molecule has 0 radical (unpaired) electrons. The molecule has 0 saturated carbocycles. The SMILES string of the molecule is COc1ccc(S(=O)(=O)O/N=C2\C=CC(=O)C=C2C)cc1. The van der Waals surface area contributed by atoms with Gasteiger partial charge in [-0.15, -0.1) is 0 Å². The number of nitrogens with zero attached hydrogens (tertiary/aromatic N) is 1. The molecular weight excluding hydrogens is 294 g/mol. The lowest BCUT2D eigenvalue weighted by molar-refractivity contribution is -0.110. The molecule has 1 aromatic carbocycles. The first-order valence-electron chi connectivity index (χ1n) is 5.99. The number of methoxy groups -OCH3 is 1. The molecule has 0 spiro atoms. The number of carbonyl (C=O) groups is 1. The van der Waals surface area contributed by atoms with Crippen LogP contribution in [-0.2, 0) is 19.2 Å². The van der Waals surface area contributed by atoms with Crippen LogP contribution in [0.4, 0.5) is 0 Å². The molecule has 0 N–H and O–H groups in total. The van der Waals surface area contributed by atoms with E-state index in [1.54, 1.807) is 6.92 Å². The van der Waals surface area contributed by atoms with E-state index in [2.05, 4.69) is 9.44 Å². The zero-order valence-corrected chi connectivity index (χ0v) is 12.3. The molecule has 2 rings (SSSR count). The minimum absolute atomic E-state index is 0.0369. The summed E-state index contributed by atoms with van der Waals surface area (Å²) in [6, 6.07) is 5.73. The normalized spacial score (nSPS) is 16.8. The fourth-order valence-corrected chi connectivity index (χ4v) is 2.34. The fraction of sp³-hybridized carbons (Fsp3) is 0.143. The van der Waals surface area contributed by atoms with E-state index >= 15 is 0 Å². The van der Waals surface area contributed by atoms with Gasteiger partial charge in [-0.1, -0.05) is 5.16 Å². The molecule has 6 nitrogen and oxygen atoms in total. The second-order valence-electron chi connectivity index (χ2n) is 4.24. The Bertz CT molecular complexity index is 742. The number of ether oxygens (including phenoxy) is 1. The maximum Gasteiger partial charge on any atom is 0.358 e. The predicted molar refractivity (Wildman–Crippen MR) is 76.6 cm³/mol. The average Bonchev–Trinajstić information content (AvgIpc) is 2.46. The summed E-state index contributed by atoms with van der Waals surface area (Å²) in [6.07, 6.45) is 4.04. The van der Waals surface area contributed by atoms with Gasteiger partial charge in [-0.25, -0.2) is 0 Å². The number of hydrogen-bond acceptors (Lipinski definition) is 6. The molecule has 0 unspecified atom stereocenters. The Labute approximate surface area is 122 Å². The second kappa shape index (κ2) is 5.92. The average molecular weight is 307 g/mol.